The highest BCUT2D eigenvalue weighted by atomic mass is 16.5. The summed E-state index contributed by atoms with van der Waals surface area (Å²) >= 11 is 0. The Bertz CT molecular complexity index is 234. The first-order chi connectivity index (χ1) is 11.4. The molecule has 2 unspecified atom stereocenters. The number of ether oxygens (including phenoxy) is 1. The lowest BCUT2D eigenvalue weighted by atomic mass is 9.86. The molecule has 0 aliphatic carbocycles. The van der Waals surface area contributed by atoms with Crippen molar-refractivity contribution in [1.29, 1.82) is 0 Å². The smallest absolute Gasteiger partial charge is 0.0625 e. The summed E-state index contributed by atoms with van der Waals surface area (Å²) in [6, 6.07) is 0. The van der Waals surface area contributed by atoms with Crippen LogP contribution in [-0.4, -0.2) is 12.7 Å². The van der Waals surface area contributed by atoms with Gasteiger partial charge in [-0.2, -0.15) is 0 Å². The molecule has 1 saturated heterocycles. The molecule has 0 radical (unpaired) electrons. The molecule has 0 aromatic heterocycles. The highest BCUT2D eigenvalue weighted by Crippen LogP contribution is 2.30. The Hall–Kier alpha value is -0.0400. The van der Waals surface area contributed by atoms with E-state index in [2.05, 4.69) is 13.8 Å². The first kappa shape index (κ1) is 21.0. The molecule has 0 N–H and O–H groups in total. The average Bonchev–Trinajstić information content (AvgIpc) is 2.51. The quantitative estimate of drug-likeness (QED) is 0.249. The fraction of sp³-hybridized carbons (Fsp3) is 1.00. The van der Waals surface area contributed by atoms with Gasteiger partial charge in [-0.05, 0) is 25.2 Å². The molecule has 1 fully saturated rings. The summed E-state index contributed by atoms with van der Waals surface area (Å²) in [6.07, 6.45) is 24.9. The van der Waals surface area contributed by atoms with Gasteiger partial charge in [0, 0.05) is 6.61 Å². The van der Waals surface area contributed by atoms with Crippen molar-refractivity contribution in [3.63, 3.8) is 0 Å². The Balaban J connectivity index is 1.98. The van der Waals surface area contributed by atoms with Crippen LogP contribution in [-0.2, 0) is 4.74 Å². The van der Waals surface area contributed by atoms with Crippen LogP contribution in [0.5, 0.6) is 0 Å². The molecule has 23 heavy (non-hydrogen) atoms. The van der Waals surface area contributed by atoms with Crippen molar-refractivity contribution in [2.45, 2.75) is 129 Å². The molecular weight excluding hydrogens is 280 g/mol. The first-order valence-corrected chi connectivity index (χ1v) is 11.0. The van der Waals surface area contributed by atoms with E-state index in [-0.39, 0.29) is 0 Å². The number of unbranched alkanes of at least 4 members (excludes halogenated alkanes) is 12. The number of hydrogen-bond acceptors (Lipinski definition) is 1. The Morgan fingerprint density at radius 3 is 1.39 bits per heavy atom. The zero-order chi connectivity index (χ0) is 16.6. The third kappa shape index (κ3) is 11.2. The van der Waals surface area contributed by atoms with Gasteiger partial charge in [0.1, 0.15) is 0 Å². The molecule has 0 spiro atoms. The summed E-state index contributed by atoms with van der Waals surface area (Å²) < 4.78 is 5.81. The molecule has 1 nitrogen and oxygen atoms in total. The SMILES string of the molecule is CCCCCCCCCCC(CCCCCCCC)C1CCO1. The predicted molar refractivity (Wildman–Crippen MR) is 103 cm³/mol. The Morgan fingerprint density at radius 1 is 0.652 bits per heavy atom. The van der Waals surface area contributed by atoms with E-state index >= 15 is 0 Å². The van der Waals surface area contributed by atoms with Gasteiger partial charge in [-0.3, -0.25) is 0 Å². The van der Waals surface area contributed by atoms with Gasteiger partial charge >= 0.3 is 0 Å². The molecule has 0 bridgehead atoms. The van der Waals surface area contributed by atoms with E-state index in [0.717, 1.165) is 12.5 Å². The summed E-state index contributed by atoms with van der Waals surface area (Å²) in [7, 11) is 0. The van der Waals surface area contributed by atoms with Crippen LogP contribution in [0.15, 0.2) is 0 Å². The largest absolute Gasteiger partial charge is 0.378 e. The molecule has 2 atom stereocenters. The Kier molecular flexibility index (Phi) is 14.1. The van der Waals surface area contributed by atoms with Crippen molar-refractivity contribution in [2.24, 2.45) is 5.92 Å². The van der Waals surface area contributed by atoms with Crippen LogP contribution in [0.2, 0.25) is 0 Å². The van der Waals surface area contributed by atoms with Gasteiger partial charge in [-0.1, -0.05) is 104 Å². The summed E-state index contributed by atoms with van der Waals surface area (Å²) in [4.78, 5) is 0. The van der Waals surface area contributed by atoms with Crippen LogP contribution in [0.3, 0.4) is 0 Å². The van der Waals surface area contributed by atoms with Gasteiger partial charge in [-0.25, -0.2) is 0 Å². The summed E-state index contributed by atoms with van der Waals surface area (Å²) in [6.45, 7) is 5.62. The molecule has 1 aliphatic rings. The molecule has 0 saturated carbocycles. The van der Waals surface area contributed by atoms with Crippen molar-refractivity contribution in [3.8, 4) is 0 Å². The van der Waals surface area contributed by atoms with Crippen LogP contribution >= 0.6 is 0 Å². The lowest BCUT2D eigenvalue weighted by Gasteiger charge is -2.34. The van der Waals surface area contributed by atoms with Crippen molar-refractivity contribution >= 4 is 0 Å². The van der Waals surface area contributed by atoms with E-state index in [1.165, 1.54) is 109 Å². The minimum Gasteiger partial charge on any atom is -0.378 e. The zero-order valence-corrected chi connectivity index (χ0v) is 16.3. The topological polar surface area (TPSA) is 9.23 Å². The summed E-state index contributed by atoms with van der Waals surface area (Å²) in [5, 5.41) is 0. The van der Waals surface area contributed by atoms with Gasteiger partial charge in [-0.15, -0.1) is 0 Å². The fourth-order valence-electron chi connectivity index (χ4n) is 3.87. The van der Waals surface area contributed by atoms with Gasteiger partial charge in [0.2, 0.25) is 0 Å². The van der Waals surface area contributed by atoms with Crippen LogP contribution in [0.25, 0.3) is 0 Å². The highest BCUT2D eigenvalue weighted by Gasteiger charge is 2.27. The maximum atomic E-state index is 5.81. The molecule has 138 valence electrons. The van der Waals surface area contributed by atoms with E-state index in [1.807, 2.05) is 0 Å². The van der Waals surface area contributed by atoms with E-state index in [9.17, 15) is 0 Å². The van der Waals surface area contributed by atoms with Crippen LogP contribution in [0.1, 0.15) is 123 Å². The second kappa shape index (κ2) is 15.5. The lowest BCUT2D eigenvalue weighted by Crippen LogP contribution is -2.34. The van der Waals surface area contributed by atoms with Gasteiger partial charge in [0.15, 0.2) is 0 Å². The van der Waals surface area contributed by atoms with Gasteiger partial charge in [0.05, 0.1) is 6.10 Å². The third-order valence-corrected chi connectivity index (χ3v) is 5.62. The van der Waals surface area contributed by atoms with E-state index in [1.54, 1.807) is 0 Å². The van der Waals surface area contributed by atoms with Crippen molar-refractivity contribution in [2.75, 3.05) is 6.61 Å². The molecule has 1 rings (SSSR count). The normalized spacial score (nSPS) is 18.8. The van der Waals surface area contributed by atoms with Crippen LogP contribution in [0.4, 0.5) is 0 Å². The maximum absolute atomic E-state index is 5.81. The summed E-state index contributed by atoms with van der Waals surface area (Å²) in [5.41, 5.74) is 0. The van der Waals surface area contributed by atoms with E-state index < -0.39 is 0 Å². The van der Waals surface area contributed by atoms with Crippen LogP contribution < -0.4 is 0 Å². The monoisotopic (exact) mass is 324 g/mol. The number of rotatable bonds is 17. The number of hydrogen-bond donors (Lipinski definition) is 0. The molecular formula is C22H44O. The molecule has 0 aromatic carbocycles. The summed E-state index contributed by atoms with van der Waals surface area (Å²) in [5.74, 6) is 0.870. The van der Waals surface area contributed by atoms with Crippen LogP contribution in [0, 0.1) is 5.92 Å². The molecule has 1 heteroatoms. The lowest BCUT2D eigenvalue weighted by molar-refractivity contribution is -0.0890. The maximum Gasteiger partial charge on any atom is 0.0625 e. The van der Waals surface area contributed by atoms with Gasteiger partial charge < -0.3 is 4.74 Å². The highest BCUT2D eigenvalue weighted by molar-refractivity contribution is 4.76. The second-order valence-electron chi connectivity index (χ2n) is 7.78. The molecule has 0 amide bonds. The average molecular weight is 325 g/mol. The van der Waals surface area contributed by atoms with Crippen molar-refractivity contribution in [1.82, 2.24) is 0 Å². The molecule has 1 aliphatic heterocycles. The standard InChI is InChI=1S/C22H44O/c1-3-5-7-9-11-12-14-16-18-21(22-19-20-23-22)17-15-13-10-8-6-4-2/h21-22H,3-20H2,1-2H3. The van der Waals surface area contributed by atoms with E-state index in [4.69, 9.17) is 4.74 Å². The third-order valence-electron chi connectivity index (χ3n) is 5.62. The molecule has 0 aromatic rings. The fourth-order valence-corrected chi connectivity index (χ4v) is 3.87. The predicted octanol–water partition coefficient (Wildman–Crippen LogP) is 7.67. The minimum absolute atomic E-state index is 0.621. The Labute approximate surface area is 147 Å². The minimum atomic E-state index is 0.621. The Morgan fingerprint density at radius 2 is 1.04 bits per heavy atom. The van der Waals surface area contributed by atoms with Crippen molar-refractivity contribution < 1.29 is 4.74 Å². The second-order valence-corrected chi connectivity index (χ2v) is 7.78. The van der Waals surface area contributed by atoms with Crippen molar-refractivity contribution in [3.05, 3.63) is 0 Å². The first-order valence-electron chi connectivity index (χ1n) is 11.0. The van der Waals surface area contributed by atoms with E-state index in [0.29, 0.717) is 6.10 Å². The molecule has 1 heterocycles. The van der Waals surface area contributed by atoms with Gasteiger partial charge in [0.25, 0.3) is 0 Å². The zero-order valence-electron chi connectivity index (χ0n) is 16.3.